The molecule has 3 rings (SSSR count). The van der Waals surface area contributed by atoms with Crippen molar-refractivity contribution in [3.63, 3.8) is 0 Å². The van der Waals surface area contributed by atoms with Crippen LogP contribution < -0.4 is 10.1 Å². The van der Waals surface area contributed by atoms with Gasteiger partial charge in [0.1, 0.15) is 12.4 Å². The van der Waals surface area contributed by atoms with Crippen LogP contribution in [0.15, 0.2) is 46.3 Å². The number of hydrogen-bond acceptors (Lipinski definition) is 5. The van der Waals surface area contributed by atoms with Crippen molar-refractivity contribution in [3.05, 3.63) is 63.0 Å². The van der Waals surface area contributed by atoms with E-state index in [2.05, 4.69) is 11.4 Å². The molecular weight excluding hydrogens is 376 g/mol. The second-order valence-electron chi connectivity index (χ2n) is 6.69. The smallest absolute Gasteiger partial charge is 0.338 e. The van der Waals surface area contributed by atoms with E-state index in [-0.39, 0.29) is 19.2 Å². The van der Waals surface area contributed by atoms with Crippen LogP contribution in [-0.2, 0) is 9.53 Å². The third-order valence-corrected chi connectivity index (χ3v) is 5.22. The molecule has 0 unspecified atom stereocenters. The van der Waals surface area contributed by atoms with Crippen LogP contribution in [-0.4, -0.2) is 37.2 Å². The third kappa shape index (κ3) is 4.20. The number of esters is 1. The van der Waals surface area contributed by atoms with Gasteiger partial charge in [-0.25, -0.2) is 9.59 Å². The first-order valence-electron chi connectivity index (χ1n) is 9.08. The predicted octanol–water partition coefficient (Wildman–Crippen LogP) is 3.96. The number of aryl methyl sites for hydroxylation is 2. The first-order valence-corrected chi connectivity index (χ1v) is 10.0. The molecule has 1 aromatic carbocycles. The molecule has 0 bridgehead atoms. The molecule has 2 aromatic rings. The number of amides is 2. The van der Waals surface area contributed by atoms with Gasteiger partial charge in [-0.1, -0.05) is 6.07 Å². The summed E-state index contributed by atoms with van der Waals surface area (Å²) in [4.78, 5) is 26.7. The average molecular weight is 401 g/mol. The maximum atomic E-state index is 12.8. The van der Waals surface area contributed by atoms with Crippen LogP contribution in [0.5, 0.6) is 5.75 Å². The molecule has 2 amide bonds. The van der Waals surface area contributed by atoms with Gasteiger partial charge < -0.3 is 14.8 Å². The fourth-order valence-electron chi connectivity index (χ4n) is 3.24. The summed E-state index contributed by atoms with van der Waals surface area (Å²) in [5, 5.41) is 6.71. The molecule has 0 saturated carbocycles. The fraction of sp³-hybridized carbons (Fsp3) is 0.333. The highest BCUT2D eigenvalue weighted by atomic mass is 32.1. The molecule has 0 aliphatic carbocycles. The minimum absolute atomic E-state index is 0.0849. The number of carbonyl (C=O) groups excluding carboxylic acids is 2. The number of hydrogen-bond donors (Lipinski definition) is 1. The Morgan fingerprint density at radius 1 is 1.25 bits per heavy atom. The molecule has 7 heteroatoms. The molecule has 1 aliphatic heterocycles. The third-order valence-electron chi connectivity index (χ3n) is 4.52. The van der Waals surface area contributed by atoms with Crippen LogP contribution in [0.25, 0.3) is 0 Å². The SMILES string of the molecule is CCOC(=O)C1=C(COc2cc(C)cc(C)c2)N(C)C(=O)N[C@@H]1c1ccsc1. The van der Waals surface area contributed by atoms with Crippen LogP contribution in [0.3, 0.4) is 0 Å². The number of rotatable bonds is 6. The van der Waals surface area contributed by atoms with Crippen LogP contribution in [0.1, 0.15) is 29.7 Å². The molecule has 6 nitrogen and oxygen atoms in total. The lowest BCUT2D eigenvalue weighted by Gasteiger charge is -2.34. The standard InChI is InChI=1S/C21H24N2O4S/c1-5-26-20(24)18-17(11-27-16-9-13(2)8-14(3)10-16)23(4)21(25)22-19(18)15-6-7-28-12-15/h6-10,12,19H,5,11H2,1-4H3,(H,22,25)/t19-/m1/s1. The van der Waals surface area contributed by atoms with Gasteiger partial charge in [-0.15, -0.1) is 0 Å². The number of benzene rings is 1. The molecular formula is C21H24N2O4S. The van der Waals surface area contributed by atoms with Crippen molar-refractivity contribution in [1.82, 2.24) is 10.2 Å². The summed E-state index contributed by atoms with van der Waals surface area (Å²) in [5.41, 5.74) is 3.91. The molecule has 148 valence electrons. The lowest BCUT2D eigenvalue weighted by Crippen LogP contribution is -2.48. The number of ether oxygens (including phenoxy) is 2. The Bertz CT molecular complexity index is 885. The highest BCUT2D eigenvalue weighted by molar-refractivity contribution is 7.08. The molecule has 1 aliphatic rings. The Kier molecular flexibility index (Phi) is 6.04. The van der Waals surface area contributed by atoms with Crippen LogP contribution in [0.2, 0.25) is 0 Å². The molecule has 2 heterocycles. The van der Waals surface area contributed by atoms with Gasteiger partial charge in [0.25, 0.3) is 0 Å². The van der Waals surface area contributed by atoms with Gasteiger partial charge in [-0.05, 0) is 66.4 Å². The molecule has 1 atom stereocenters. The van der Waals surface area contributed by atoms with E-state index in [0.717, 1.165) is 16.7 Å². The zero-order chi connectivity index (χ0) is 20.3. The van der Waals surface area contributed by atoms with Crippen molar-refractivity contribution in [2.45, 2.75) is 26.8 Å². The number of nitrogens with zero attached hydrogens (tertiary/aromatic N) is 1. The molecule has 0 radical (unpaired) electrons. The van der Waals surface area contributed by atoms with Gasteiger partial charge in [0.05, 0.1) is 23.9 Å². The van der Waals surface area contributed by atoms with E-state index < -0.39 is 12.0 Å². The maximum absolute atomic E-state index is 12.8. The van der Waals surface area contributed by atoms with E-state index in [9.17, 15) is 9.59 Å². The quantitative estimate of drug-likeness (QED) is 0.746. The Hall–Kier alpha value is -2.80. The topological polar surface area (TPSA) is 67.9 Å². The van der Waals surface area contributed by atoms with Crippen LogP contribution in [0, 0.1) is 13.8 Å². The highest BCUT2D eigenvalue weighted by Crippen LogP contribution is 2.32. The Morgan fingerprint density at radius 3 is 2.57 bits per heavy atom. The number of likely N-dealkylation sites (N-methyl/N-ethyl adjacent to an activating group) is 1. The largest absolute Gasteiger partial charge is 0.487 e. The lowest BCUT2D eigenvalue weighted by molar-refractivity contribution is -0.139. The summed E-state index contributed by atoms with van der Waals surface area (Å²) in [5.74, 6) is 0.240. The van der Waals surface area contributed by atoms with E-state index >= 15 is 0 Å². The zero-order valence-electron chi connectivity index (χ0n) is 16.4. The van der Waals surface area contributed by atoms with Crippen molar-refractivity contribution in [1.29, 1.82) is 0 Å². The summed E-state index contributed by atoms with van der Waals surface area (Å²) >= 11 is 1.51. The predicted molar refractivity (Wildman–Crippen MR) is 108 cm³/mol. The van der Waals surface area contributed by atoms with Gasteiger partial charge in [0.15, 0.2) is 0 Å². The van der Waals surface area contributed by atoms with Gasteiger partial charge in [0, 0.05) is 7.05 Å². The average Bonchev–Trinajstić information content (AvgIpc) is 3.16. The molecule has 28 heavy (non-hydrogen) atoms. The maximum Gasteiger partial charge on any atom is 0.338 e. The van der Waals surface area contributed by atoms with E-state index in [1.54, 1.807) is 14.0 Å². The van der Waals surface area contributed by atoms with Gasteiger partial charge >= 0.3 is 12.0 Å². The first kappa shape index (κ1) is 19.9. The van der Waals surface area contributed by atoms with E-state index in [1.165, 1.54) is 16.2 Å². The summed E-state index contributed by atoms with van der Waals surface area (Å²) in [6.07, 6.45) is 0. The van der Waals surface area contributed by atoms with Crippen LogP contribution >= 0.6 is 11.3 Å². The molecule has 0 saturated heterocycles. The van der Waals surface area contributed by atoms with Crippen molar-refractivity contribution < 1.29 is 19.1 Å². The Labute approximate surface area is 168 Å². The lowest BCUT2D eigenvalue weighted by atomic mass is 9.97. The fourth-order valence-corrected chi connectivity index (χ4v) is 3.92. The van der Waals surface area contributed by atoms with E-state index in [4.69, 9.17) is 9.47 Å². The van der Waals surface area contributed by atoms with Crippen molar-refractivity contribution >= 4 is 23.3 Å². The second kappa shape index (κ2) is 8.48. The van der Waals surface area contributed by atoms with Crippen LogP contribution in [0.4, 0.5) is 4.79 Å². The molecule has 0 spiro atoms. The van der Waals surface area contributed by atoms with E-state index in [0.29, 0.717) is 17.0 Å². The zero-order valence-corrected chi connectivity index (χ0v) is 17.3. The summed E-state index contributed by atoms with van der Waals surface area (Å²) < 4.78 is 11.3. The number of urea groups is 1. The Balaban J connectivity index is 2.00. The van der Waals surface area contributed by atoms with Crippen molar-refractivity contribution in [3.8, 4) is 5.75 Å². The van der Waals surface area contributed by atoms with Gasteiger partial charge in [0.2, 0.25) is 0 Å². The normalized spacial score (nSPS) is 16.8. The van der Waals surface area contributed by atoms with Gasteiger partial charge in [-0.2, -0.15) is 11.3 Å². The summed E-state index contributed by atoms with van der Waals surface area (Å²) in [6.45, 7) is 6.09. The number of thiophene rings is 1. The minimum atomic E-state index is -0.563. The highest BCUT2D eigenvalue weighted by Gasteiger charge is 2.37. The summed E-state index contributed by atoms with van der Waals surface area (Å²) in [7, 11) is 1.62. The Morgan fingerprint density at radius 2 is 1.96 bits per heavy atom. The first-order chi connectivity index (χ1) is 13.4. The van der Waals surface area contributed by atoms with E-state index in [1.807, 2.05) is 42.8 Å². The minimum Gasteiger partial charge on any atom is -0.487 e. The molecule has 1 aromatic heterocycles. The summed E-state index contributed by atoms with van der Waals surface area (Å²) in [6, 6.07) is 6.95. The molecule has 0 fully saturated rings. The molecule has 1 N–H and O–H groups in total. The van der Waals surface area contributed by atoms with Crippen molar-refractivity contribution in [2.24, 2.45) is 0 Å². The monoisotopic (exact) mass is 400 g/mol. The number of carbonyl (C=O) groups is 2. The van der Waals surface area contributed by atoms with Crippen molar-refractivity contribution in [2.75, 3.05) is 20.3 Å². The number of nitrogens with one attached hydrogen (secondary N) is 1. The second-order valence-corrected chi connectivity index (χ2v) is 7.47. The van der Waals surface area contributed by atoms with Gasteiger partial charge in [-0.3, -0.25) is 4.90 Å².